The van der Waals surface area contributed by atoms with Crippen LogP contribution in [-0.2, 0) is 16.0 Å². The third-order valence-corrected chi connectivity index (χ3v) is 3.99. The summed E-state index contributed by atoms with van der Waals surface area (Å²) in [7, 11) is 0. The summed E-state index contributed by atoms with van der Waals surface area (Å²) < 4.78 is 0. The maximum atomic E-state index is 12.4. The maximum absolute atomic E-state index is 12.4. The molecule has 0 aliphatic rings. The van der Waals surface area contributed by atoms with E-state index in [4.69, 9.17) is 11.6 Å². The third kappa shape index (κ3) is 4.83. The Morgan fingerprint density at radius 3 is 2.38 bits per heavy atom. The van der Waals surface area contributed by atoms with Crippen molar-refractivity contribution in [3.05, 3.63) is 65.2 Å². The predicted molar refractivity (Wildman–Crippen MR) is 97.0 cm³/mol. The van der Waals surface area contributed by atoms with Crippen molar-refractivity contribution >= 4 is 29.1 Å². The van der Waals surface area contributed by atoms with Crippen molar-refractivity contribution in [2.45, 2.75) is 20.3 Å². The van der Waals surface area contributed by atoms with Gasteiger partial charge in [-0.1, -0.05) is 41.9 Å². The number of hydrogen-bond donors (Lipinski definition) is 2. The standard InChI is InChI=1S/C19H21ClN2O2/c1-19(2,18(24)22-16-9-4-3-5-10-16)17(23)21-12-11-14-7-6-8-15(20)13-14/h3-10,13H,11-12H2,1-2H3,(H,21,23)(H,22,24). The highest BCUT2D eigenvalue weighted by Crippen LogP contribution is 2.19. The van der Waals surface area contributed by atoms with E-state index in [0.29, 0.717) is 23.7 Å². The van der Waals surface area contributed by atoms with Crippen molar-refractivity contribution < 1.29 is 9.59 Å². The Kier molecular flexibility index (Phi) is 5.99. The molecule has 0 unspecified atom stereocenters. The number of carbonyl (C=O) groups excluding carboxylic acids is 2. The van der Waals surface area contributed by atoms with Crippen LogP contribution in [0, 0.1) is 5.41 Å². The molecule has 5 heteroatoms. The number of rotatable bonds is 6. The second-order valence-corrected chi connectivity index (χ2v) is 6.52. The SMILES string of the molecule is CC(C)(C(=O)NCCc1cccc(Cl)c1)C(=O)Nc1ccccc1. The Labute approximate surface area is 147 Å². The predicted octanol–water partition coefficient (Wildman–Crippen LogP) is 3.66. The van der Waals surface area contributed by atoms with E-state index in [2.05, 4.69) is 10.6 Å². The molecular weight excluding hydrogens is 324 g/mol. The van der Waals surface area contributed by atoms with Crippen molar-refractivity contribution in [3.8, 4) is 0 Å². The van der Waals surface area contributed by atoms with Gasteiger partial charge < -0.3 is 10.6 Å². The lowest BCUT2D eigenvalue weighted by Gasteiger charge is -2.22. The normalized spacial score (nSPS) is 11.0. The molecule has 0 saturated carbocycles. The fourth-order valence-corrected chi connectivity index (χ4v) is 2.36. The van der Waals surface area contributed by atoms with E-state index < -0.39 is 5.41 Å². The number of nitrogens with one attached hydrogen (secondary N) is 2. The maximum Gasteiger partial charge on any atom is 0.239 e. The molecule has 0 radical (unpaired) electrons. The lowest BCUT2D eigenvalue weighted by atomic mass is 9.91. The molecular formula is C19H21ClN2O2. The molecule has 24 heavy (non-hydrogen) atoms. The lowest BCUT2D eigenvalue weighted by Crippen LogP contribution is -2.45. The van der Waals surface area contributed by atoms with Gasteiger partial charge in [-0.3, -0.25) is 9.59 Å². The van der Waals surface area contributed by atoms with Crippen molar-refractivity contribution in [1.29, 1.82) is 0 Å². The molecule has 2 amide bonds. The van der Waals surface area contributed by atoms with Gasteiger partial charge in [0.25, 0.3) is 0 Å². The first-order valence-corrected chi connectivity index (χ1v) is 8.16. The van der Waals surface area contributed by atoms with Gasteiger partial charge in [-0.05, 0) is 50.1 Å². The van der Waals surface area contributed by atoms with Gasteiger partial charge in [-0.15, -0.1) is 0 Å². The molecule has 0 spiro atoms. The Hall–Kier alpha value is -2.33. The van der Waals surface area contributed by atoms with E-state index in [1.165, 1.54) is 0 Å². The highest BCUT2D eigenvalue weighted by molar-refractivity contribution is 6.30. The Balaban J connectivity index is 1.88. The number of halogens is 1. The van der Waals surface area contributed by atoms with Crippen molar-refractivity contribution in [1.82, 2.24) is 5.32 Å². The van der Waals surface area contributed by atoms with Gasteiger partial charge in [0.15, 0.2) is 0 Å². The van der Waals surface area contributed by atoms with Crippen LogP contribution in [0.1, 0.15) is 19.4 Å². The molecule has 2 aromatic carbocycles. The minimum absolute atomic E-state index is 0.307. The summed E-state index contributed by atoms with van der Waals surface area (Å²) in [6, 6.07) is 16.6. The zero-order valence-corrected chi connectivity index (χ0v) is 14.6. The number of para-hydroxylation sites is 1. The summed E-state index contributed by atoms with van der Waals surface area (Å²) in [5, 5.41) is 6.24. The van der Waals surface area contributed by atoms with Crippen LogP contribution in [0.3, 0.4) is 0 Å². The van der Waals surface area contributed by atoms with Gasteiger partial charge in [0.2, 0.25) is 11.8 Å². The number of anilines is 1. The molecule has 2 N–H and O–H groups in total. The van der Waals surface area contributed by atoms with Gasteiger partial charge in [0, 0.05) is 17.3 Å². The van der Waals surface area contributed by atoms with E-state index >= 15 is 0 Å². The van der Waals surface area contributed by atoms with Crippen LogP contribution in [0.2, 0.25) is 5.02 Å². The highest BCUT2D eigenvalue weighted by atomic mass is 35.5. The molecule has 2 aromatic rings. The monoisotopic (exact) mass is 344 g/mol. The largest absolute Gasteiger partial charge is 0.355 e. The second-order valence-electron chi connectivity index (χ2n) is 6.08. The van der Waals surface area contributed by atoms with Gasteiger partial charge in [0.05, 0.1) is 0 Å². The summed E-state index contributed by atoms with van der Waals surface area (Å²) in [5.74, 6) is -0.646. The first-order chi connectivity index (χ1) is 11.4. The lowest BCUT2D eigenvalue weighted by molar-refractivity contribution is -0.138. The first-order valence-electron chi connectivity index (χ1n) is 7.79. The molecule has 2 rings (SSSR count). The van der Waals surface area contributed by atoms with E-state index in [1.54, 1.807) is 32.0 Å². The summed E-state index contributed by atoms with van der Waals surface area (Å²) in [5.41, 5.74) is 0.543. The summed E-state index contributed by atoms with van der Waals surface area (Å²) in [4.78, 5) is 24.7. The molecule has 0 atom stereocenters. The fourth-order valence-electron chi connectivity index (χ4n) is 2.15. The van der Waals surface area contributed by atoms with Gasteiger partial charge in [-0.25, -0.2) is 0 Å². The minimum atomic E-state index is -1.16. The van der Waals surface area contributed by atoms with E-state index in [0.717, 1.165) is 5.56 Å². The van der Waals surface area contributed by atoms with E-state index in [-0.39, 0.29) is 11.8 Å². The van der Waals surface area contributed by atoms with Crippen molar-refractivity contribution in [3.63, 3.8) is 0 Å². The molecule has 0 fully saturated rings. The van der Waals surface area contributed by atoms with Crippen LogP contribution in [0.5, 0.6) is 0 Å². The number of carbonyl (C=O) groups is 2. The average molecular weight is 345 g/mol. The van der Waals surface area contributed by atoms with Gasteiger partial charge in [-0.2, -0.15) is 0 Å². The Morgan fingerprint density at radius 2 is 1.71 bits per heavy atom. The van der Waals surface area contributed by atoms with Crippen LogP contribution in [0.4, 0.5) is 5.69 Å². The Bertz CT molecular complexity index is 714. The third-order valence-electron chi connectivity index (χ3n) is 3.76. The van der Waals surface area contributed by atoms with Crippen molar-refractivity contribution in [2.75, 3.05) is 11.9 Å². The smallest absolute Gasteiger partial charge is 0.239 e. The molecule has 0 aliphatic heterocycles. The summed E-state index contributed by atoms with van der Waals surface area (Å²) >= 11 is 5.94. The molecule has 4 nitrogen and oxygen atoms in total. The summed E-state index contributed by atoms with van der Waals surface area (Å²) in [6.45, 7) is 3.67. The highest BCUT2D eigenvalue weighted by Gasteiger charge is 2.35. The van der Waals surface area contributed by atoms with Crippen LogP contribution >= 0.6 is 11.6 Å². The molecule has 0 aliphatic carbocycles. The Morgan fingerprint density at radius 1 is 1.00 bits per heavy atom. The van der Waals surface area contributed by atoms with Crippen LogP contribution in [-0.4, -0.2) is 18.4 Å². The summed E-state index contributed by atoms with van der Waals surface area (Å²) in [6.07, 6.45) is 0.655. The first kappa shape index (κ1) is 18.0. The van der Waals surface area contributed by atoms with Crippen LogP contribution < -0.4 is 10.6 Å². The molecule has 126 valence electrons. The quantitative estimate of drug-likeness (QED) is 0.786. The fraction of sp³-hybridized carbons (Fsp3) is 0.263. The molecule has 0 aromatic heterocycles. The zero-order chi connectivity index (χ0) is 17.6. The van der Waals surface area contributed by atoms with Gasteiger partial charge in [0.1, 0.15) is 5.41 Å². The van der Waals surface area contributed by atoms with E-state index in [1.807, 2.05) is 36.4 Å². The molecule has 0 bridgehead atoms. The van der Waals surface area contributed by atoms with Gasteiger partial charge >= 0.3 is 0 Å². The number of amides is 2. The number of benzene rings is 2. The number of hydrogen-bond acceptors (Lipinski definition) is 2. The van der Waals surface area contributed by atoms with E-state index in [9.17, 15) is 9.59 Å². The minimum Gasteiger partial charge on any atom is -0.355 e. The second kappa shape index (κ2) is 7.97. The van der Waals surface area contributed by atoms with Crippen LogP contribution in [0.15, 0.2) is 54.6 Å². The molecule has 0 saturated heterocycles. The topological polar surface area (TPSA) is 58.2 Å². The van der Waals surface area contributed by atoms with Crippen molar-refractivity contribution in [2.24, 2.45) is 5.41 Å². The zero-order valence-electron chi connectivity index (χ0n) is 13.8. The van der Waals surface area contributed by atoms with Crippen LogP contribution in [0.25, 0.3) is 0 Å². The average Bonchev–Trinajstić information content (AvgIpc) is 2.55. The molecule has 0 heterocycles.